The fourth-order valence-electron chi connectivity index (χ4n) is 1.12. The number of rotatable bonds is 5. The zero-order valence-corrected chi connectivity index (χ0v) is 9.55. The van der Waals surface area contributed by atoms with E-state index < -0.39 is 0 Å². The summed E-state index contributed by atoms with van der Waals surface area (Å²) < 4.78 is 0. The molecule has 1 unspecified atom stereocenters. The van der Waals surface area contributed by atoms with Crippen molar-refractivity contribution in [3.05, 3.63) is 35.4 Å². The summed E-state index contributed by atoms with van der Waals surface area (Å²) in [4.78, 5) is 0. The van der Waals surface area contributed by atoms with E-state index in [0.29, 0.717) is 0 Å². The van der Waals surface area contributed by atoms with Crippen LogP contribution in [-0.4, -0.2) is 22.8 Å². The summed E-state index contributed by atoms with van der Waals surface area (Å²) in [6, 6.07) is 7.64. The molecule has 1 rings (SSSR count). The third kappa shape index (κ3) is 3.93. The first-order chi connectivity index (χ1) is 7.13. The predicted octanol–water partition coefficient (Wildman–Crippen LogP) is 1.58. The van der Waals surface area contributed by atoms with Crippen molar-refractivity contribution in [2.24, 2.45) is 5.73 Å². The molecular weight excluding hydrogens is 208 g/mol. The van der Waals surface area contributed by atoms with Gasteiger partial charge in [0.25, 0.3) is 0 Å². The second-order valence-electron chi connectivity index (χ2n) is 3.42. The number of aliphatic hydroxyl groups excluding tert-OH is 1. The van der Waals surface area contributed by atoms with Gasteiger partial charge < -0.3 is 10.8 Å². The number of thioether (sulfide) groups is 1. The Morgan fingerprint density at radius 1 is 1.60 bits per heavy atom. The van der Waals surface area contributed by atoms with E-state index in [2.05, 4.69) is 0 Å². The van der Waals surface area contributed by atoms with Crippen molar-refractivity contribution in [1.29, 1.82) is 5.41 Å². The Kier molecular flexibility index (Phi) is 4.65. The molecule has 82 valence electrons. The van der Waals surface area contributed by atoms with Crippen molar-refractivity contribution < 1.29 is 5.11 Å². The molecule has 0 radical (unpaired) electrons. The van der Waals surface area contributed by atoms with Crippen molar-refractivity contribution in [3.8, 4) is 0 Å². The summed E-state index contributed by atoms with van der Waals surface area (Å²) >= 11 is 1.69. The van der Waals surface area contributed by atoms with E-state index in [1.54, 1.807) is 11.8 Å². The minimum Gasteiger partial charge on any atom is -0.395 e. The number of nitrogens with two attached hydrogens (primary N) is 1. The van der Waals surface area contributed by atoms with E-state index >= 15 is 0 Å². The Bertz CT molecular complexity index is 341. The third-order valence-electron chi connectivity index (χ3n) is 2.03. The molecule has 1 aromatic carbocycles. The van der Waals surface area contributed by atoms with Gasteiger partial charge in [-0.2, -0.15) is 11.8 Å². The Morgan fingerprint density at radius 3 is 2.93 bits per heavy atom. The molecule has 0 aliphatic carbocycles. The van der Waals surface area contributed by atoms with Crippen molar-refractivity contribution in [2.75, 3.05) is 6.61 Å². The SMILES string of the molecule is CC(CO)SCc1cccc(C(=N)N)c1. The van der Waals surface area contributed by atoms with Crippen LogP contribution in [0.3, 0.4) is 0 Å². The van der Waals surface area contributed by atoms with Crippen LogP contribution in [0.25, 0.3) is 0 Å². The van der Waals surface area contributed by atoms with Crippen LogP contribution in [0.2, 0.25) is 0 Å². The molecule has 15 heavy (non-hydrogen) atoms. The summed E-state index contributed by atoms with van der Waals surface area (Å²) in [6.07, 6.45) is 0. The van der Waals surface area contributed by atoms with Crippen LogP contribution in [0.4, 0.5) is 0 Å². The van der Waals surface area contributed by atoms with Gasteiger partial charge in [-0.3, -0.25) is 5.41 Å². The lowest BCUT2D eigenvalue weighted by molar-refractivity contribution is 0.300. The second kappa shape index (κ2) is 5.78. The summed E-state index contributed by atoms with van der Waals surface area (Å²) in [6.45, 7) is 2.18. The highest BCUT2D eigenvalue weighted by atomic mass is 32.2. The maximum Gasteiger partial charge on any atom is 0.122 e. The van der Waals surface area contributed by atoms with E-state index in [-0.39, 0.29) is 17.7 Å². The Labute approximate surface area is 94.2 Å². The molecule has 1 aromatic rings. The topological polar surface area (TPSA) is 70.1 Å². The van der Waals surface area contributed by atoms with Crippen LogP contribution in [0.15, 0.2) is 24.3 Å². The molecule has 0 bridgehead atoms. The van der Waals surface area contributed by atoms with E-state index in [4.69, 9.17) is 16.2 Å². The Balaban J connectivity index is 2.62. The van der Waals surface area contributed by atoms with Crippen molar-refractivity contribution >= 4 is 17.6 Å². The van der Waals surface area contributed by atoms with Crippen LogP contribution < -0.4 is 5.73 Å². The number of nitrogen functional groups attached to an aromatic ring is 1. The van der Waals surface area contributed by atoms with E-state index in [1.807, 2.05) is 31.2 Å². The molecule has 0 fully saturated rings. The Morgan fingerprint density at radius 2 is 2.33 bits per heavy atom. The van der Waals surface area contributed by atoms with E-state index in [0.717, 1.165) is 16.9 Å². The normalized spacial score (nSPS) is 12.4. The second-order valence-corrected chi connectivity index (χ2v) is 4.84. The molecule has 0 saturated heterocycles. The molecule has 0 aromatic heterocycles. The number of hydrogen-bond acceptors (Lipinski definition) is 3. The predicted molar refractivity (Wildman–Crippen MR) is 65.3 cm³/mol. The molecular formula is C11H16N2OS. The van der Waals surface area contributed by atoms with Gasteiger partial charge in [0.2, 0.25) is 0 Å². The first-order valence-electron chi connectivity index (χ1n) is 4.79. The number of hydrogen-bond donors (Lipinski definition) is 3. The molecule has 4 N–H and O–H groups in total. The highest BCUT2D eigenvalue weighted by Gasteiger charge is 2.02. The molecule has 4 heteroatoms. The molecule has 0 amide bonds. The molecule has 0 heterocycles. The number of amidine groups is 1. The van der Waals surface area contributed by atoms with E-state index in [1.165, 1.54) is 0 Å². The molecule has 0 aliphatic rings. The van der Waals surface area contributed by atoms with Crippen LogP contribution in [0, 0.1) is 5.41 Å². The molecule has 3 nitrogen and oxygen atoms in total. The first-order valence-corrected chi connectivity index (χ1v) is 5.84. The largest absolute Gasteiger partial charge is 0.395 e. The fourth-order valence-corrected chi connectivity index (χ4v) is 1.88. The van der Waals surface area contributed by atoms with Gasteiger partial charge in [0.05, 0.1) is 6.61 Å². The minimum absolute atomic E-state index is 0.0945. The maximum atomic E-state index is 8.88. The van der Waals surface area contributed by atoms with Gasteiger partial charge in [-0.1, -0.05) is 25.1 Å². The third-order valence-corrected chi connectivity index (χ3v) is 3.25. The average Bonchev–Trinajstić information content (AvgIpc) is 2.26. The molecule has 0 spiro atoms. The molecule has 0 saturated carbocycles. The van der Waals surface area contributed by atoms with Crippen LogP contribution in [0.5, 0.6) is 0 Å². The zero-order valence-electron chi connectivity index (χ0n) is 8.73. The monoisotopic (exact) mass is 224 g/mol. The van der Waals surface area contributed by atoms with Gasteiger partial charge in [-0.15, -0.1) is 0 Å². The smallest absolute Gasteiger partial charge is 0.122 e. The van der Waals surface area contributed by atoms with Gasteiger partial charge in [-0.25, -0.2) is 0 Å². The van der Waals surface area contributed by atoms with Gasteiger partial charge in [0.15, 0.2) is 0 Å². The van der Waals surface area contributed by atoms with Crippen LogP contribution >= 0.6 is 11.8 Å². The van der Waals surface area contributed by atoms with Gasteiger partial charge in [0.1, 0.15) is 5.84 Å². The quantitative estimate of drug-likeness (QED) is 0.525. The lowest BCUT2D eigenvalue weighted by atomic mass is 10.1. The van der Waals surface area contributed by atoms with Gasteiger partial charge in [0, 0.05) is 16.6 Å². The summed E-state index contributed by atoms with van der Waals surface area (Å²) in [5.74, 6) is 0.931. The molecule has 0 aliphatic heterocycles. The fraction of sp³-hybridized carbons (Fsp3) is 0.364. The van der Waals surface area contributed by atoms with Gasteiger partial charge in [-0.05, 0) is 11.6 Å². The number of nitrogens with one attached hydrogen (secondary N) is 1. The Hall–Kier alpha value is -1.00. The highest BCUT2D eigenvalue weighted by molar-refractivity contribution is 7.99. The lowest BCUT2D eigenvalue weighted by Gasteiger charge is -2.08. The van der Waals surface area contributed by atoms with Gasteiger partial charge >= 0.3 is 0 Å². The number of aliphatic hydroxyl groups is 1. The van der Waals surface area contributed by atoms with Crippen molar-refractivity contribution in [1.82, 2.24) is 0 Å². The van der Waals surface area contributed by atoms with Crippen LogP contribution in [0.1, 0.15) is 18.1 Å². The van der Waals surface area contributed by atoms with E-state index in [9.17, 15) is 0 Å². The zero-order chi connectivity index (χ0) is 11.3. The highest BCUT2D eigenvalue weighted by Crippen LogP contribution is 2.17. The lowest BCUT2D eigenvalue weighted by Crippen LogP contribution is -2.11. The summed E-state index contributed by atoms with van der Waals surface area (Å²) in [5, 5.41) is 16.4. The number of benzene rings is 1. The average molecular weight is 224 g/mol. The first kappa shape index (κ1) is 12.1. The molecule has 1 atom stereocenters. The maximum absolute atomic E-state index is 8.88. The summed E-state index contributed by atoms with van der Waals surface area (Å²) in [5.41, 5.74) is 7.29. The standard InChI is InChI=1S/C11H16N2OS/c1-8(6-14)15-7-9-3-2-4-10(5-9)11(12)13/h2-5,8,14H,6-7H2,1H3,(H3,12,13). The minimum atomic E-state index is 0.0945. The van der Waals surface area contributed by atoms with Crippen LogP contribution in [-0.2, 0) is 5.75 Å². The van der Waals surface area contributed by atoms with Crippen molar-refractivity contribution in [3.63, 3.8) is 0 Å². The van der Waals surface area contributed by atoms with Crippen molar-refractivity contribution in [2.45, 2.75) is 17.9 Å². The summed E-state index contributed by atoms with van der Waals surface area (Å²) in [7, 11) is 0.